The zero-order valence-electron chi connectivity index (χ0n) is 8.71. The maximum atomic E-state index is 5.64. The van der Waals surface area contributed by atoms with E-state index in [9.17, 15) is 0 Å². The average molecular weight is 359 g/mol. The van der Waals surface area contributed by atoms with E-state index in [-0.39, 0.29) is 17.0 Å². The zero-order chi connectivity index (χ0) is 9.23. The monoisotopic (exact) mass is 359 g/mol. The van der Waals surface area contributed by atoms with E-state index < -0.39 is 21.6 Å². The molecule has 0 rings (SSSR count). The van der Waals surface area contributed by atoms with Gasteiger partial charge in [0.2, 0.25) is 0 Å². The Balaban J connectivity index is 0. The van der Waals surface area contributed by atoms with Crippen LogP contribution in [0, 0.1) is 0 Å². The molecule has 1 atom stereocenters. The molecule has 1 unspecified atom stereocenters. The van der Waals surface area contributed by atoms with Gasteiger partial charge in [0.25, 0.3) is 0 Å². The first-order valence-corrected chi connectivity index (χ1v) is 8.06. The molecule has 0 aliphatic heterocycles. The summed E-state index contributed by atoms with van der Waals surface area (Å²) in [4.78, 5) is 0. The van der Waals surface area contributed by atoms with Gasteiger partial charge in [-0.15, -0.1) is 17.0 Å². The minimum absolute atomic E-state index is 0. The fourth-order valence-electron chi connectivity index (χ4n) is 0.910. The predicted octanol–water partition coefficient (Wildman–Crippen LogP) is 2.55. The number of nitrogens with two attached hydrogens (primary N) is 1. The molecule has 0 amide bonds. The van der Waals surface area contributed by atoms with E-state index in [0.29, 0.717) is 6.04 Å². The van der Waals surface area contributed by atoms with E-state index in [2.05, 4.69) is 13.8 Å². The zero-order valence-corrected chi connectivity index (χ0v) is 13.3. The Labute approximate surface area is 104 Å². The normalized spacial score (nSPS) is 12.2. The molecular formula is C9H22BrNOSn. The molecule has 0 aromatic rings. The minimum atomic E-state index is -0.434. The van der Waals surface area contributed by atoms with Crippen LogP contribution >= 0.6 is 17.0 Å². The van der Waals surface area contributed by atoms with Crippen LogP contribution in [-0.2, 0) is 3.07 Å². The van der Waals surface area contributed by atoms with Gasteiger partial charge in [0.1, 0.15) is 0 Å². The predicted molar refractivity (Wildman–Crippen MR) is 64.6 cm³/mol. The molecule has 0 saturated carbocycles. The van der Waals surface area contributed by atoms with Crippen molar-refractivity contribution in [3.05, 3.63) is 0 Å². The van der Waals surface area contributed by atoms with Crippen molar-refractivity contribution in [3.8, 4) is 0 Å². The van der Waals surface area contributed by atoms with Crippen LogP contribution in [0.4, 0.5) is 0 Å². The van der Waals surface area contributed by atoms with Gasteiger partial charge in [0.05, 0.1) is 0 Å². The summed E-state index contributed by atoms with van der Waals surface area (Å²) in [6.45, 7) is 5.22. The number of hydrogen-bond donors (Lipinski definition) is 1. The van der Waals surface area contributed by atoms with Crippen molar-refractivity contribution in [2.24, 2.45) is 5.73 Å². The fourth-order valence-corrected chi connectivity index (χ4v) is 3.44. The average Bonchev–Trinajstić information content (AvgIpc) is 2.02. The molecule has 0 spiro atoms. The summed E-state index contributed by atoms with van der Waals surface area (Å²) in [6.07, 6.45) is 4.96. The van der Waals surface area contributed by atoms with Crippen molar-refractivity contribution in [1.29, 1.82) is 0 Å². The first-order chi connectivity index (χ1) is 5.77. The molecule has 0 aliphatic rings. The topological polar surface area (TPSA) is 35.2 Å². The van der Waals surface area contributed by atoms with Gasteiger partial charge in [0, 0.05) is 0 Å². The number of halogens is 1. The van der Waals surface area contributed by atoms with Crippen LogP contribution < -0.4 is 5.73 Å². The second kappa shape index (κ2) is 13.2. The first-order valence-electron chi connectivity index (χ1n) is 4.87. The molecule has 0 fully saturated rings. The van der Waals surface area contributed by atoms with Crippen molar-refractivity contribution in [3.63, 3.8) is 0 Å². The molecule has 0 heterocycles. The van der Waals surface area contributed by atoms with Crippen LogP contribution in [0.25, 0.3) is 0 Å². The Hall–Kier alpha value is 1.20. The molecule has 80 valence electrons. The van der Waals surface area contributed by atoms with Crippen molar-refractivity contribution in [2.45, 2.75) is 50.0 Å². The van der Waals surface area contributed by atoms with Crippen LogP contribution in [-0.4, -0.2) is 34.2 Å². The Morgan fingerprint density at radius 1 is 1.38 bits per heavy atom. The van der Waals surface area contributed by atoms with Gasteiger partial charge < -0.3 is 0 Å². The van der Waals surface area contributed by atoms with E-state index in [1.165, 1.54) is 30.1 Å². The molecule has 0 bridgehead atoms. The van der Waals surface area contributed by atoms with E-state index in [4.69, 9.17) is 8.81 Å². The summed E-state index contributed by atoms with van der Waals surface area (Å²) in [7, 11) is 0. The van der Waals surface area contributed by atoms with E-state index >= 15 is 0 Å². The summed E-state index contributed by atoms with van der Waals surface area (Å²) >= 11 is -0.434. The maximum absolute atomic E-state index is 5.64. The van der Waals surface area contributed by atoms with Gasteiger partial charge in [-0.25, -0.2) is 0 Å². The Morgan fingerprint density at radius 2 is 2.08 bits per heavy atom. The van der Waals surface area contributed by atoms with Gasteiger partial charge in [-0.1, -0.05) is 0 Å². The first kappa shape index (κ1) is 16.6. The van der Waals surface area contributed by atoms with Gasteiger partial charge in [0.15, 0.2) is 0 Å². The fraction of sp³-hybridized carbons (Fsp3) is 1.00. The molecule has 0 aliphatic carbocycles. The van der Waals surface area contributed by atoms with Crippen LogP contribution in [0.2, 0.25) is 4.44 Å². The third kappa shape index (κ3) is 15.9. The summed E-state index contributed by atoms with van der Waals surface area (Å²) in [5.74, 6) is 0. The van der Waals surface area contributed by atoms with Gasteiger partial charge in [-0.05, 0) is 0 Å². The van der Waals surface area contributed by atoms with E-state index in [1.54, 1.807) is 0 Å². The molecule has 13 heavy (non-hydrogen) atoms. The number of unbranched alkanes of at least 4 members (excludes halogenated alkanes) is 1. The number of hydrogen-bond acceptors (Lipinski definition) is 2. The van der Waals surface area contributed by atoms with E-state index in [0.717, 1.165) is 6.61 Å². The SMILES string of the molecule is Br.CCC[O][Sn][CH2]CCCC(C)N. The second-order valence-corrected chi connectivity index (χ2v) is 6.29. The molecule has 0 aromatic carbocycles. The summed E-state index contributed by atoms with van der Waals surface area (Å²) in [6, 6.07) is 0.381. The third-order valence-corrected chi connectivity index (χ3v) is 4.35. The third-order valence-electron chi connectivity index (χ3n) is 1.60. The molecule has 0 aromatic heterocycles. The second-order valence-electron chi connectivity index (χ2n) is 3.22. The summed E-state index contributed by atoms with van der Waals surface area (Å²) in [5.41, 5.74) is 5.64. The van der Waals surface area contributed by atoms with Gasteiger partial charge in [-0.2, -0.15) is 0 Å². The number of rotatable bonds is 8. The van der Waals surface area contributed by atoms with Crippen LogP contribution in [0.3, 0.4) is 0 Å². The molecular weight excluding hydrogens is 337 g/mol. The van der Waals surface area contributed by atoms with Crippen molar-refractivity contribution < 1.29 is 3.07 Å². The van der Waals surface area contributed by atoms with Crippen LogP contribution in [0.1, 0.15) is 39.5 Å². The van der Waals surface area contributed by atoms with Gasteiger partial charge >= 0.3 is 87.0 Å². The summed E-state index contributed by atoms with van der Waals surface area (Å²) < 4.78 is 6.89. The standard InChI is InChI=1S/C6H14N.C3H7O.BrH.Sn/c1-3-4-5-6(2)7;1-2-3-4;;/h6H,1,3-5,7H2,2H3;2-3H2,1H3;1H;/q;-1;;+1. The Bertz CT molecular complexity index is 93.7. The van der Waals surface area contributed by atoms with Gasteiger partial charge in [-0.3, -0.25) is 0 Å². The molecule has 0 saturated heterocycles. The summed E-state index contributed by atoms with van der Waals surface area (Å²) in [5, 5.41) is 0. The van der Waals surface area contributed by atoms with Crippen LogP contribution in [0.5, 0.6) is 0 Å². The molecule has 2 radical (unpaired) electrons. The molecule has 2 N–H and O–H groups in total. The van der Waals surface area contributed by atoms with Crippen molar-refractivity contribution in [2.75, 3.05) is 6.61 Å². The van der Waals surface area contributed by atoms with Crippen LogP contribution in [0.15, 0.2) is 0 Å². The Kier molecular flexibility index (Phi) is 16.9. The quantitative estimate of drug-likeness (QED) is 0.534. The molecule has 2 nitrogen and oxygen atoms in total. The van der Waals surface area contributed by atoms with Crippen molar-refractivity contribution in [1.82, 2.24) is 0 Å². The molecule has 4 heteroatoms. The Morgan fingerprint density at radius 3 is 2.62 bits per heavy atom. The van der Waals surface area contributed by atoms with E-state index in [1.807, 2.05) is 0 Å². The van der Waals surface area contributed by atoms with Crippen molar-refractivity contribution >= 4 is 38.5 Å².